The molecule has 7 heteroatoms. The van der Waals surface area contributed by atoms with Crippen LogP contribution in [0.3, 0.4) is 0 Å². The van der Waals surface area contributed by atoms with Gasteiger partial charge in [-0.15, -0.1) is 35.3 Å². The molecule has 0 fully saturated rings. The molecule has 2 heterocycles. The lowest BCUT2D eigenvalue weighted by molar-refractivity contribution is 0.798. The molecule has 0 aliphatic rings. The lowest BCUT2D eigenvalue weighted by Crippen LogP contribution is -2.38. The largest absolute Gasteiger partial charge is 0.361 e. The summed E-state index contributed by atoms with van der Waals surface area (Å²) >= 11 is 1.77. The highest BCUT2D eigenvalue weighted by Crippen LogP contribution is 2.21. The van der Waals surface area contributed by atoms with Gasteiger partial charge in [0.1, 0.15) is 0 Å². The molecule has 1 aromatic carbocycles. The third kappa shape index (κ3) is 5.70. The summed E-state index contributed by atoms with van der Waals surface area (Å²) in [6.45, 7) is 10.9. The van der Waals surface area contributed by atoms with Crippen molar-refractivity contribution in [1.29, 1.82) is 0 Å². The molecule has 0 aliphatic heterocycles. The van der Waals surface area contributed by atoms with Gasteiger partial charge in [0.25, 0.3) is 0 Å². The topological polar surface area (TPSA) is 65.1 Å². The molecule has 0 atom stereocenters. The molecule has 0 bridgehead atoms. The molecule has 0 saturated heterocycles. The third-order valence-electron chi connectivity index (χ3n) is 4.71. The molecular weight excluding hydrogens is 481 g/mol. The van der Waals surface area contributed by atoms with Gasteiger partial charge in [-0.05, 0) is 45.2 Å². The molecule has 0 unspecified atom stereocenters. The molecule has 28 heavy (non-hydrogen) atoms. The van der Waals surface area contributed by atoms with E-state index in [0.29, 0.717) is 0 Å². The fourth-order valence-electron chi connectivity index (χ4n) is 3.14. The minimum atomic E-state index is 0. The number of benzene rings is 1. The normalized spacial score (nSPS) is 11.5. The van der Waals surface area contributed by atoms with Crippen LogP contribution in [-0.4, -0.2) is 35.6 Å². The van der Waals surface area contributed by atoms with Crippen LogP contribution in [0.1, 0.15) is 33.6 Å². The number of aryl methyl sites for hydroxylation is 3. The van der Waals surface area contributed by atoms with Crippen LogP contribution in [0.5, 0.6) is 0 Å². The first-order chi connectivity index (χ1) is 13.1. The number of hydrogen-bond donors (Lipinski definition) is 3. The predicted molar refractivity (Wildman–Crippen MR) is 131 cm³/mol. The van der Waals surface area contributed by atoms with Gasteiger partial charge in [-0.3, -0.25) is 4.99 Å². The summed E-state index contributed by atoms with van der Waals surface area (Å²) in [6, 6.07) is 6.45. The Morgan fingerprint density at radius 1 is 1.18 bits per heavy atom. The number of nitrogens with zero attached hydrogens (tertiary/aromatic N) is 2. The van der Waals surface area contributed by atoms with Crippen molar-refractivity contribution in [2.45, 2.75) is 40.5 Å². The quantitative estimate of drug-likeness (QED) is 0.249. The molecule has 2 aromatic heterocycles. The van der Waals surface area contributed by atoms with Gasteiger partial charge < -0.3 is 15.6 Å². The van der Waals surface area contributed by atoms with E-state index in [1.807, 2.05) is 0 Å². The molecule has 3 rings (SSSR count). The standard InChI is InChI=1S/C21H29N5S.HI/c1-5-22-21(24-12-10-19-26-15(3)16(4)27-19)23-11-9-17-13-25-20-14(2)7-6-8-18(17)20;/h6-8,13,25H,5,9-12H2,1-4H3,(H2,22,23,24);1H. The maximum atomic E-state index is 4.70. The number of hydrogen-bond acceptors (Lipinski definition) is 3. The Balaban J connectivity index is 0.00000280. The van der Waals surface area contributed by atoms with Crippen molar-refractivity contribution in [2.24, 2.45) is 4.99 Å². The average Bonchev–Trinajstić information content (AvgIpc) is 3.19. The second-order valence-corrected chi connectivity index (χ2v) is 8.04. The molecule has 3 N–H and O–H groups in total. The molecule has 0 spiro atoms. The van der Waals surface area contributed by atoms with E-state index in [4.69, 9.17) is 4.99 Å². The van der Waals surface area contributed by atoms with E-state index in [9.17, 15) is 0 Å². The fraction of sp³-hybridized carbons (Fsp3) is 0.429. The van der Waals surface area contributed by atoms with Gasteiger partial charge in [-0.25, -0.2) is 4.98 Å². The first-order valence-electron chi connectivity index (χ1n) is 9.59. The van der Waals surface area contributed by atoms with E-state index in [2.05, 4.69) is 72.7 Å². The van der Waals surface area contributed by atoms with Crippen LogP contribution >= 0.6 is 35.3 Å². The maximum absolute atomic E-state index is 4.70. The fourth-order valence-corrected chi connectivity index (χ4v) is 4.06. The first kappa shape index (κ1) is 22.7. The monoisotopic (exact) mass is 511 g/mol. The summed E-state index contributed by atoms with van der Waals surface area (Å²) in [5, 5.41) is 9.25. The Morgan fingerprint density at radius 2 is 2.00 bits per heavy atom. The molecule has 0 aliphatic carbocycles. The predicted octanol–water partition coefficient (Wildman–Crippen LogP) is 4.51. The lowest BCUT2D eigenvalue weighted by atomic mass is 10.1. The molecule has 5 nitrogen and oxygen atoms in total. The van der Waals surface area contributed by atoms with Crippen molar-refractivity contribution in [3.8, 4) is 0 Å². The second-order valence-electron chi connectivity index (χ2n) is 6.75. The SMILES string of the molecule is CCNC(=NCCc1nc(C)c(C)s1)NCCc1c[nH]c2c(C)cccc12.I. The van der Waals surface area contributed by atoms with E-state index in [-0.39, 0.29) is 24.0 Å². The minimum Gasteiger partial charge on any atom is -0.361 e. The minimum absolute atomic E-state index is 0. The summed E-state index contributed by atoms with van der Waals surface area (Å²) in [7, 11) is 0. The van der Waals surface area contributed by atoms with E-state index in [0.717, 1.165) is 44.1 Å². The number of rotatable bonds is 7. The van der Waals surface area contributed by atoms with Gasteiger partial charge in [-0.1, -0.05) is 18.2 Å². The highest BCUT2D eigenvalue weighted by Gasteiger charge is 2.06. The number of H-pyrrole nitrogens is 1. The molecular formula is C21H30IN5S. The van der Waals surface area contributed by atoms with Crippen molar-refractivity contribution in [3.63, 3.8) is 0 Å². The number of guanidine groups is 1. The Labute approximate surface area is 188 Å². The second kappa shape index (κ2) is 10.8. The molecule has 3 aromatic rings. The Kier molecular flexibility index (Phi) is 8.75. The molecule has 0 saturated carbocycles. The summed E-state index contributed by atoms with van der Waals surface area (Å²) in [5.41, 5.74) is 5.00. The molecule has 0 amide bonds. The summed E-state index contributed by atoms with van der Waals surface area (Å²) in [4.78, 5) is 14.0. The maximum Gasteiger partial charge on any atom is 0.191 e. The van der Waals surface area contributed by atoms with E-state index >= 15 is 0 Å². The van der Waals surface area contributed by atoms with E-state index in [1.54, 1.807) is 11.3 Å². The smallest absolute Gasteiger partial charge is 0.191 e. The van der Waals surface area contributed by atoms with Crippen LogP contribution in [0.4, 0.5) is 0 Å². The van der Waals surface area contributed by atoms with Gasteiger partial charge in [0, 0.05) is 48.0 Å². The van der Waals surface area contributed by atoms with Crippen LogP contribution in [0.15, 0.2) is 29.4 Å². The zero-order chi connectivity index (χ0) is 19.2. The number of nitrogens with one attached hydrogen (secondary N) is 3. The van der Waals surface area contributed by atoms with Crippen LogP contribution in [0.2, 0.25) is 0 Å². The van der Waals surface area contributed by atoms with E-state index in [1.165, 1.54) is 31.9 Å². The Hall–Kier alpha value is -1.61. The van der Waals surface area contributed by atoms with Crippen LogP contribution in [-0.2, 0) is 12.8 Å². The van der Waals surface area contributed by atoms with Gasteiger partial charge in [0.15, 0.2) is 5.96 Å². The zero-order valence-corrected chi connectivity index (χ0v) is 20.2. The highest BCUT2D eigenvalue weighted by molar-refractivity contribution is 14.0. The van der Waals surface area contributed by atoms with Crippen molar-refractivity contribution in [1.82, 2.24) is 20.6 Å². The molecule has 0 radical (unpaired) electrons. The zero-order valence-electron chi connectivity index (χ0n) is 17.1. The summed E-state index contributed by atoms with van der Waals surface area (Å²) in [6.07, 6.45) is 3.97. The number of aromatic nitrogens is 2. The van der Waals surface area contributed by atoms with E-state index < -0.39 is 0 Å². The Morgan fingerprint density at radius 3 is 2.71 bits per heavy atom. The molecule has 152 valence electrons. The average molecular weight is 511 g/mol. The number of para-hydroxylation sites is 1. The number of aromatic amines is 1. The third-order valence-corrected chi connectivity index (χ3v) is 5.84. The Bertz CT molecular complexity index is 909. The summed E-state index contributed by atoms with van der Waals surface area (Å²) < 4.78 is 0. The van der Waals surface area contributed by atoms with Crippen LogP contribution in [0.25, 0.3) is 10.9 Å². The van der Waals surface area contributed by atoms with Crippen molar-refractivity contribution in [2.75, 3.05) is 19.6 Å². The number of thiazole rings is 1. The van der Waals surface area contributed by atoms with Gasteiger partial charge in [0.05, 0.1) is 10.7 Å². The van der Waals surface area contributed by atoms with Gasteiger partial charge in [0.2, 0.25) is 0 Å². The first-order valence-corrected chi connectivity index (χ1v) is 10.4. The van der Waals surface area contributed by atoms with Crippen LogP contribution in [0, 0.1) is 20.8 Å². The number of halogens is 1. The van der Waals surface area contributed by atoms with Crippen molar-refractivity contribution in [3.05, 3.63) is 51.1 Å². The summed E-state index contributed by atoms with van der Waals surface area (Å²) in [5.74, 6) is 0.874. The number of fused-ring (bicyclic) bond motifs is 1. The number of aliphatic imine (C=N–C) groups is 1. The lowest BCUT2D eigenvalue weighted by Gasteiger charge is -2.11. The van der Waals surface area contributed by atoms with Crippen LogP contribution < -0.4 is 10.6 Å². The highest BCUT2D eigenvalue weighted by atomic mass is 127. The van der Waals surface area contributed by atoms with Gasteiger partial charge >= 0.3 is 0 Å². The van der Waals surface area contributed by atoms with Crippen molar-refractivity contribution >= 4 is 52.2 Å². The van der Waals surface area contributed by atoms with Gasteiger partial charge in [-0.2, -0.15) is 0 Å². The van der Waals surface area contributed by atoms with Crippen molar-refractivity contribution < 1.29 is 0 Å².